The van der Waals surface area contributed by atoms with Gasteiger partial charge >= 0.3 is 0 Å². The van der Waals surface area contributed by atoms with Crippen molar-refractivity contribution in [2.24, 2.45) is 0 Å². The number of rotatable bonds is 1. The summed E-state index contributed by atoms with van der Waals surface area (Å²) in [6.07, 6.45) is 6.90. The van der Waals surface area contributed by atoms with Gasteiger partial charge in [0.2, 0.25) is 0 Å². The van der Waals surface area contributed by atoms with E-state index in [0.29, 0.717) is 5.15 Å². The Morgan fingerprint density at radius 2 is 2.46 bits per heavy atom. The molecule has 1 heterocycles. The van der Waals surface area contributed by atoms with Crippen LogP contribution in [0.2, 0.25) is 5.15 Å². The smallest absolute Gasteiger partial charge is 0.136 e. The lowest BCUT2D eigenvalue weighted by molar-refractivity contribution is 0.157. The summed E-state index contributed by atoms with van der Waals surface area (Å²) < 4.78 is 5.23. The second-order valence-electron chi connectivity index (χ2n) is 2.99. The molecule has 0 aliphatic heterocycles. The van der Waals surface area contributed by atoms with Crippen LogP contribution in [0, 0.1) is 0 Å². The molecule has 0 saturated heterocycles. The van der Waals surface area contributed by atoms with Gasteiger partial charge in [0.15, 0.2) is 0 Å². The van der Waals surface area contributed by atoms with Crippen molar-refractivity contribution in [3.8, 4) is 0 Å². The topological polar surface area (TPSA) is 22.1 Å². The molecule has 0 spiro atoms. The van der Waals surface area contributed by atoms with Crippen LogP contribution in [-0.2, 0) is 4.74 Å². The minimum absolute atomic E-state index is 0.134. The molecule has 3 heteroatoms. The van der Waals surface area contributed by atoms with E-state index in [1.54, 1.807) is 13.3 Å². The van der Waals surface area contributed by atoms with Crippen molar-refractivity contribution in [1.82, 2.24) is 4.98 Å². The number of hydrogen-bond acceptors (Lipinski definition) is 2. The van der Waals surface area contributed by atoms with Crippen molar-refractivity contribution in [2.75, 3.05) is 7.11 Å². The molecule has 2 rings (SSSR count). The highest BCUT2D eigenvalue weighted by Crippen LogP contribution is 2.04. The van der Waals surface area contributed by atoms with E-state index in [4.69, 9.17) is 16.3 Å². The van der Waals surface area contributed by atoms with Crippen molar-refractivity contribution < 1.29 is 4.74 Å². The van der Waals surface area contributed by atoms with E-state index in [9.17, 15) is 0 Å². The van der Waals surface area contributed by atoms with Gasteiger partial charge in [-0.05, 0) is 23.8 Å². The first kappa shape index (κ1) is 8.73. The first-order valence-corrected chi connectivity index (χ1v) is 4.54. The van der Waals surface area contributed by atoms with Gasteiger partial charge in [-0.2, -0.15) is 0 Å². The average molecular weight is 196 g/mol. The Kier molecular flexibility index (Phi) is 2.34. The van der Waals surface area contributed by atoms with Gasteiger partial charge in [0.05, 0.1) is 6.10 Å². The lowest BCUT2D eigenvalue weighted by Crippen LogP contribution is -2.32. The van der Waals surface area contributed by atoms with Crippen molar-refractivity contribution in [3.63, 3.8) is 0 Å². The van der Waals surface area contributed by atoms with Gasteiger partial charge in [0.25, 0.3) is 0 Å². The summed E-state index contributed by atoms with van der Waals surface area (Å²) in [5.41, 5.74) is 0. The van der Waals surface area contributed by atoms with E-state index in [1.165, 1.54) is 0 Å². The Hall–Kier alpha value is -0.860. The van der Waals surface area contributed by atoms with Gasteiger partial charge in [0, 0.05) is 18.5 Å². The molecule has 1 aromatic rings. The normalized spacial score (nSPS) is 20.0. The van der Waals surface area contributed by atoms with Crippen LogP contribution in [0.1, 0.15) is 6.42 Å². The van der Waals surface area contributed by atoms with E-state index in [1.807, 2.05) is 12.1 Å². The molecule has 1 aliphatic carbocycles. The van der Waals surface area contributed by atoms with Crippen molar-refractivity contribution >= 4 is 23.8 Å². The maximum Gasteiger partial charge on any atom is 0.136 e. The Bertz CT molecular complexity index is 427. The van der Waals surface area contributed by atoms with E-state index >= 15 is 0 Å². The predicted octanol–water partition coefficient (Wildman–Crippen LogP) is 0.715. The molecule has 13 heavy (non-hydrogen) atoms. The third-order valence-electron chi connectivity index (χ3n) is 2.20. The molecule has 0 aromatic carbocycles. The number of nitrogens with zero attached hydrogens (tertiary/aromatic N) is 1. The monoisotopic (exact) mass is 195 g/mol. The molecule has 1 unspecified atom stereocenters. The van der Waals surface area contributed by atoms with Crippen LogP contribution in [0.25, 0.3) is 12.2 Å². The molecular weight excluding hydrogens is 186 g/mol. The highest BCUT2D eigenvalue weighted by Gasteiger charge is 2.07. The number of fused-ring (bicyclic) bond motifs is 1. The summed E-state index contributed by atoms with van der Waals surface area (Å²) in [5.74, 6) is 0. The van der Waals surface area contributed by atoms with Gasteiger partial charge < -0.3 is 4.74 Å². The minimum atomic E-state index is 0.134. The molecule has 1 atom stereocenters. The average Bonchev–Trinajstić information content (AvgIpc) is 2.18. The summed E-state index contributed by atoms with van der Waals surface area (Å²) in [6.45, 7) is 0. The molecule has 1 aliphatic rings. The first-order chi connectivity index (χ1) is 6.31. The Morgan fingerprint density at radius 3 is 3.23 bits per heavy atom. The van der Waals surface area contributed by atoms with Crippen LogP contribution in [0.4, 0.5) is 0 Å². The zero-order chi connectivity index (χ0) is 9.26. The molecular formula is C10H10ClNO. The Labute approximate surface area is 81.5 Å². The van der Waals surface area contributed by atoms with Crippen LogP contribution in [-0.4, -0.2) is 18.2 Å². The molecule has 0 bridgehead atoms. The fraction of sp³-hybridized carbons (Fsp3) is 0.300. The molecule has 2 nitrogen and oxygen atoms in total. The number of pyridine rings is 1. The Morgan fingerprint density at radius 1 is 1.62 bits per heavy atom. The number of aromatic nitrogens is 1. The molecule has 0 fully saturated rings. The zero-order valence-corrected chi connectivity index (χ0v) is 8.08. The van der Waals surface area contributed by atoms with Crippen LogP contribution in [0.5, 0.6) is 0 Å². The van der Waals surface area contributed by atoms with Crippen LogP contribution >= 0.6 is 11.6 Å². The predicted molar refractivity (Wildman–Crippen MR) is 52.8 cm³/mol. The summed E-state index contributed by atoms with van der Waals surface area (Å²) in [7, 11) is 1.70. The van der Waals surface area contributed by atoms with Gasteiger partial charge in [0.1, 0.15) is 5.15 Å². The fourth-order valence-electron chi connectivity index (χ4n) is 1.47. The lowest BCUT2D eigenvalue weighted by Gasteiger charge is -2.11. The van der Waals surface area contributed by atoms with Crippen LogP contribution in [0.3, 0.4) is 0 Å². The summed E-state index contributed by atoms with van der Waals surface area (Å²) in [4.78, 5) is 4.02. The number of ether oxygens (including phenoxy) is 1. The maximum absolute atomic E-state index is 5.95. The van der Waals surface area contributed by atoms with E-state index in [0.717, 1.165) is 16.9 Å². The third kappa shape index (κ3) is 1.60. The van der Waals surface area contributed by atoms with Crippen LogP contribution < -0.4 is 10.4 Å². The first-order valence-electron chi connectivity index (χ1n) is 4.16. The van der Waals surface area contributed by atoms with Crippen molar-refractivity contribution in [2.45, 2.75) is 12.5 Å². The fourth-order valence-corrected chi connectivity index (χ4v) is 1.69. The van der Waals surface area contributed by atoms with E-state index in [2.05, 4.69) is 11.1 Å². The lowest BCUT2D eigenvalue weighted by atomic mass is 10.1. The Balaban J connectivity index is 2.65. The summed E-state index contributed by atoms with van der Waals surface area (Å²) >= 11 is 5.95. The highest BCUT2D eigenvalue weighted by molar-refractivity contribution is 6.29. The highest BCUT2D eigenvalue weighted by atomic mass is 35.5. The number of halogens is 1. The standard InChI is InChI=1S/C10H10ClNO/c1-13-8-3-2-7-4-5-12-10(11)9(7)6-8/h2,4-6,8H,3H2,1H3. The zero-order valence-electron chi connectivity index (χ0n) is 7.33. The van der Waals surface area contributed by atoms with Gasteiger partial charge in [-0.25, -0.2) is 4.98 Å². The molecule has 0 radical (unpaired) electrons. The second-order valence-corrected chi connectivity index (χ2v) is 3.34. The SMILES string of the molecule is COC1C=c2c(Cl)nccc2=CC1. The third-order valence-corrected chi connectivity index (χ3v) is 2.50. The molecule has 1 aromatic heterocycles. The van der Waals surface area contributed by atoms with Gasteiger partial charge in [-0.3, -0.25) is 0 Å². The van der Waals surface area contributed by atoms with E-state index in [-0.39, 0.29) is 6.10 Å². The molecule has 0 N–H and O–H groups in total. The molecule has 0 saturated carbocycles. The van der Waals surface area contributed by atoms with Gasteiger partial charge in [-0.1, -0.05) is 17.7 Å². The summed E-state index contributed by atoms with van der Waals surface area (Å²) in [6, 6.07) is 1.96. The minimum Gasteiger partial charge on any atom is -0.377 e. The van der Waals surface area contributed by atoms with Crippen molar-refractivity contribution in [3.05, 3.63) is 27.9 Å². The molecule has 0 amide bonds. The largest absolute Gasteiger partial charge is 0.377 e. The van der Waals surface area contributed by atoms with E-state index < -0.39 is 0 Å². The molecule has 68 valence electrons. The van der Waals surface area contributed by atoms with Crippen molar-refractivity contribution in [1.29, 1.82) is 0 Å². The van der Waals surface area contributed by atoms with Gasteiger partial charge in [-0.15, -0.1) is 0 Å². The van der Waals surface area contributed by atoms with Crippen LogP contribution in [0.15, 0.2) is 12.3 Å². The maximum atomic E-state index is 5.95. The number of methoxy groups -OCH3 is 1. The quantitative estimate of drug-likeness (QED) is 0.616. The number of hydrogen-bond donors (Lipinski definition) is 0. The second kappa shape index (κ2) is 3.48. The summed E-state index contributed by atoms with van der Waals surface area (Å²) in [5, 5.41) is 2.69.